The fourth-order valence-electron chi connectivity index (χ4n) is 1.57. The standard InChI is InChI=1S/C14H13F2NOS/c1-2-18-11-4-3-5-13(14(11)17)19-12-7-6-9(15)8-10(12)16/h3-8H,2,17H2,1H3. The van der Waals surface area contributed by atoms with Gasteiger partial charge in [-0.05, 0) is 31.2 Å². The second kappa shape index (κ2) is 5.93. The van der Waals surface area contributed by atoms with Crippen LogP contribution in [-0.2, 0) is 0 Å². The smallest absolute Gasteiger partial charge is 0.143 e. The molecule has 0 bridgehead atoms. The molecule has 0 heterocycles. The predicted octanol–water partition coefficient (Wildman–Crippen LogP) is 4.10. The maximum Gasteiger partial charge on any atom is 0.143 e. The van der Waals surface area contributed by atoms with E-state index >= 15 is 0 Å². The van der Waals surface area contributed by atoms with Gasteiger partial charge in [-0.25, -0.2) is 8.78 Å². The van der Waals surface area contributed by atoms with E-state index in [-0.39, 0.29) is 0 Å². The van der Waals surface area contributed by atoms with Crippen molar-refractivity contribution in [2.24, 2.45) is 0 Å². The first-order valence-electron chi connectivity index (χ1n) is 5.76. The highest BCUT2D eigenvalue weighted by molar-refractivity contribution is 7.99. The van der Waals surface area contributed by atoms with E-state index in [2.05, 4.69) is 0 Å². The number of nitrogen functional groups attached to an aromatic ring is 1. The SMILES string of the molecule is CCOc1cccc(Sc2ccc(F)cc2F)c1N. The third-order valence-electron chi connectivity index (χ3n) is 2.44. The Hall–Kier alpha value is -1.75. The molecule has 0 saturated carbocycles. The average Bonchev–Trinajstić information content (AvgIpc) is 2.37. The van der Waals surface area contributed by atoms with Crippen molar-refractivity contribution in [3.05, 3.63) is 48.0 Å². The van der Waals surface area contributed by atoms with Crippen LogP contribution in [0.15, 0.2) is 46.2 Å². The van der Waals surface area contributed by atoms with Gasteiger partial charge in [0.15, 0.2) is 0 Å². The number of hydrogen-bond acceptors (Lipinski definition) is 3. The highest BCUT2D eigenvalue weighted by Crippen LogP contribution is 2.37. The van der Waals surface area contributed by atoms with E-state index in [9.17, 15) is 8.78 Å². The zero-order valence-electron chi connectivity index (χ0n) is 10.3. The molecule has 100 valence electrons. The summed E-state index contributed by atoms with van der Waals surface area (Å²) in [6.45, 7) is 2.36. The van der Waals surface area contributed by atoms with E-state index < -0.39 is 11.6 Å². The van der Waals surface area contributed by atoms with E-state index in [4.69, 9.17) is 10.5 Å². The van der Waals surface area contributed by atoms with Crippen molar-refractivity contribution in [1.82, 2.24) is 0 Å². The van der Waals surface area contributed by atoms with Gasteiger partial charge in [-0.3, -0.25) is 0 Å². The van der Waals surface area contributed by atoms with Gasteiger partial charge >= 0.3 is 0 Å². The molecule has 2 aromatic rings. The molecule has 0 spiro atoms. The minimum Gasteiger partial charge on any atom is -0.492 e. The van der Waals surface area contributed by atoms with E-state index in [0.717, 1.165) is 17.8 Å². The first-order valence-corrected chi connectivity index (χ1v) is 6.57. The van der Waals surface area contributed by atoms with Gasteiger partial charge in [0.1, 0.15) is 17.4 Å². The van der Waals surface area contributed by atoms with Gasteiger partial charge in [-0.1, -0.05) is 17.8 Å². The molecule has 0 fully saturated rings. The minimum absolute atomic E-state index is 0.321. The number of hydrogen-bond donors (Lipinski definition) is 1. The highest BCUT2D eigenvalue weighted by atomic mass is 32.2. The summed E-state index contributed by atoms with van der Waals surface area (Å²) in [6, 6.07) is 8.77. The highest BCUT2D eigenvalue weighted by Gasteiger charge is 2.10. The van der Waals surface area contributed by atoms with Crippen LogP contribution in [-0.4, -0.2) is 6.61 Å². The zero-order chi connectivity index (χ0) is 13.8. The lowest BCUT2D eigenvalue weighted by atomic mass is 10.3. The zero-order valence-corrected chi connectivity index (χ0v) is 11.1. The van der Waals surface area contributed by atoms with Crippen molar-refractivity contribution in [2.75, 3.05) is 12.3 Å². The molecule has 0 radical (unpaired) electrons. The van der Waals surface area contributed by atoms with E-state index in [1.165, 1.54) is 12.1 Å². The van der Waals surface area contributed by atoms with Crippen molar-refractivity contribution in [2.45, 2.75) is 16.7 Å². The molecule has 2 aromatic carbocycles. The molecule has 0 aromatic heterocycles. The lowest BCUT2D eigenvalue weighted by Gasteiger charge is -2.11. The van der Waals surface area contributed by atoms with Gasteiger partial charge < -0.3 is 10.5 Å². The Kier molecular flexibility index (Phi) is 4.27. The fraction of sp³-hybridized carbons (Fsp3) is 0.143. The number of nitrogens with two attached hydrogens (primary N) is 1. The molecule has 0 aliphatic heterocycles. The van der Waals surface area contributed by atoms with Crippen molar-refractivity contribution >= 4 is 17.4 Å². The maximum atomic E-state index is 13.6. The summed E-state index contributed by atoms with van der Waals surface area (Å²) in [6.07, 6.45) is 0. The van der Waals surface area contributed by atoms with Crippen LogP contribution in [0.25, 0.3) is 0 Å². The molecule has 2 nitrogen and oxygen atoms in total. The first kappa shape index (κ1) is 13.7. The van der Waals surface area contributed by atoms with Crippen LogP contribution in [0.4, 0.5) is 14.5 Å². The van der Waals surface area contributed by atoms with Gasteiger partial charge in [0.2, 0.25) is 0 Å². The van der Waals surface area contributed by atoms with Crippen LogP contribution in [0.3, 0.4) is 0 Å². The monoisotopic (exact) mass is 281 g/mol. The van der Waals surface area contributed by atoms with E-state index in [0.29, 0.717) is 27.8 Å². The van der Waals surface area contributed by atoms with Crippen LogP contribution in [0.1, 0.15) is 6.92 Å². The number of benzene rings is 2. The van der Waals surface area contributed by atoms with Gasteiger partial charge in [-0.2, -0.15) is 0 Å². The normalized spacial score (nSPS) is 10.5. The molecule has 5 heteroatoms. The molecular weight excluding hydrogens is 268 g/mol. The summed E-state index contributed by atoms with van der Waals surface area (Å²) in [5.74, 6) is -0.640. The van der Waals surface area contributed by atoms with E-state index in [1.54, 1.807) is 18.2 Å². The summed E-state index contributed by atoms with van der Waals surface area (Å²) < 4.78 is 31.8. The Morgan fingerprint density at radius 2 is 1.95 bits per heavy atom. The summed E-state index contributed by atoms with van der Waals surface area (Å²) in [7, 11) is 0. The lowest BCUT2D eigenvalue weighted by molar-refractivity contribution is 0.341. The number of ether oxygens (including phenoxy) is 1. The van der Waals surface area contributed by atoms with Gasteiger partial charge in [-0.15, -0.1) is 0 Å². The minimum atomic E-state index is -0.605. The predicted molar refractivity (Wildman–Crippen MR) is 72.5 cm³/mol. The number of halogens is 2. The Bertz CT molecular complexity index is 590. The van der Waals surface area contributed by atoms with Crippen LogP contribution < -0.4 is 10.5 Å². The van der Waals surface area contributed by atoms with Crippen LogP contribution in [0.2, 0.25) is 0 Å². The summed E-state index contributed by atoms with van der Waals surface area (Å²) in [5, 5.41) is 0. The summed E-state index contributed by atoms with van der Waals surface area (Å²) >= 11 is 1.14. The molecule has 0 aliphatic carbocycles. The quantitative estimate of drug-likeness (QED) is 0.857. The first-order chi connectivity index (χ1) is 9.11. The summed E-state index contributed by atoms with van der Waals surface area (Å²) in [5.41, 5.74) is 6.41. The second-order valence-corrected chi connectivity index (χ2v) is 4.86. The maximum absolute atomic E-state index is 13.6. The van der Waals surface area contributed by atoms with Crippen molar-refractivity contribution in [3.8, 4) is 5.75 Å². The molecule has 0 amide bonds. The third-order valence-corrected chi connectivity index (χ3v) is 3.57. The van der Waals surface area contributed by atoms with Crippen molar-refractivity contribution in [3.63, 3.8) is 0 Å². The van der Waals surface area contributed by atoms with Crippen molar-refractivity contribution < 1.29 is 13.5 Å². The molecule has 0 saturated heterocycles. The Morgan fingerprint density at radius 1 is 1.16 bits per heavy atom. The molecule has 2 N–H and O–H groups in total. The second-order valence-electron chi connectivity index (χ2n) is 3.78. The van der Waals surface area contributed by atoms with Crippen LogP contribution >= 0.6 is 11.8 Å². The average molecular weight is 281 g/mol. The Balaban J connectivity index is 2.30. The number of para-hydroxylation sites is 1. The van der Waals surface area contributed by atoms with Gasteiger partial charge in [0.05, 0.1) is 12.3 Å². The van der Waals surface area contributed by atoms with Gasteiger partial charge in [0.25, 0.3) is 0 Å². The molecule has 19 heavy (non-hydrogen) atoms. The summed E-state index contributed by atoms with van der Waals surface area (Å²) in [4.78, 5) is 0.998. The topological polar surface area (TPSA) is 35.2 Å². The fourth-order valence-corrected chi connectivity index (χ4v) is 2.46. The molecule has 0 atom stereocenters. The Morgan fingerprint density at radius 3 is 2.63 bits per heavy atom. The number of rotatable bonds is 4. The molecule has 0 unspecified atom stereocenters. The van der Waals surface area contributed by atoms with Crippen molar-refractivity contribution in [1.29, 1.82) is 0 Å². The van der Waals surface area contributed by atoms with E-state index in [1.807, 2.05) is 6.92 Å². The van der Waals surface area contributed by atoms with Crippen LogP contribution in [0, 0.1) is 11.6 Å². The molecule has 2 rings (SSSR count). The van der Waals surface area contributed by atoms with Gasteiger partial charge in [0, 0.05) is 15.9 Å². The number of anilines is 1. The Labute approximate surface area is 114 Å². The molecular formula is C14H13F2NOS. The van der Waals surface area contributed by atoms with Crippen LogP contribution in [0.5, 0.6) is 5.75 Å². The lowest BCUT2D eigenvalue weighted by Crippen LogP contribution is -1.98. The third kappa shape index (κ3) is 3.17. The largest absolute Gasteiger partial charge is 0.492 e. The molecule has 0 aliphatic rings.